The van der Waals surface area contributed by atoms with Gasteiger partial charge in [-0.2, -0.15) is 5.10 Å². The fourth-order valence-electron chi connectivity index (χ4n) is 3.29. The quantitative estimate of drug-likeness (QED) is 0.486. The fourth-order valence-corrected chi connectivity index (χ4v) is 3.48. The number of nitrogens with one attached hydrogen (secondary N) is 1. The number of carbonyl (C=O) groups is 1. The van der Waals surface area contributed by atoms with Crippen molar-refractivity contribution >= 4 is 39.3 Å². The van der Waals surface area contributed by atoms with Gasteiger partial charge in [-0.25, -0.2) is 14.3 Å². The van der Waals surface area contributed by atoms with Crippen LogP contribution in [0.4, 0.5) is 0 Å². The Morgan fingerprint density at radius 1 is 0.967 bits per heavy atom. The van der Waals surface area contributed by atoms with Gasteiger partial charge < -0.3 is 0 Å². The Balaban J connectivity index is 1.49. The maximum Gasteiger partial charge on any atom is 0.283 e. The summed E-state index contributed by atoms with van der Waals surface area (Å²) >= 11 is 6.05. The second kappa shape index (κ2) is 7.13. The van der Waals surface area contributed by atoms with Gasteiger partial charge in [0.15, 0.2) is 5.65 Å². The molecule has 0 saturated carbocycles. The third-order valence-corrected chi connectivity index (χ3v) is 5.01. The average molecular weight is 416 g/mol. The van der Waals surface area contributed by atoms with E-state index in [4.69, 9.17) is 11.6 Å². The van der Waals surface area contributed by atoms with Crippen LogP contribution in [0.25, 0.3) is 27.5 Å². The van der Waals surface area contributed by atoms with Crippen LogP contribution in [0.3, 0.4) is 0 Å². The summed E-state index contributed by atoms with van der Waals surface area (Å²) < 4.78 is 2.59. The summed E-state index contributed by atoms with van der Waals surface area (Å²) in [6.07, 6.45) is 2.69. The number of amides is 1. The highest BCUT2D eigenvalue weighted by molar-refractivity contribution is 6.30. The normalized spacial score (nSPS) is 11.1. The number of hydrogen-bond donors (Lipinski definition) is 1. The molecule has 8 heteroatoms. The average Bonchev–Trinajstić information content (AvgIpc) is 3.20. The molecule has 0 aliphatic carbocycles. The molecule has 5 rings (SSSR count). The molecule has 2 aromatic heterocycles. The molecule has 3 aromatic carbocycles. The molecule has 0 spiro atoms. The van der Waals surface area contributed by atoms with E-state index in [0.717, 1.165) is 15.4 Å². The standard InChI is InChI=1S/C22H14ClN5O2/c23-17-6-3-7-18(11-17)28-20-19(12-25-28)22(30)27(13-24-20)26-21(29)16-9-8-14-4-1-2-5-15(14)10-16/h1-13H,(H,26,29). The van der Waals surface area contributed by atoms with E-state index in [1.165, 1.54) is 17.2 Å². The second-order valence-electron chi connectivity index (χ2n) is 6.70. The Morgan fingerprint density at radius 3 is 2.63 bits per heavy atom. The van der Waals surface area contributed by atoms with Crippen LogP contribution in [0.15, 0.2) is 84.0 Å². The first kappa shape index (κ1) is 18.1. The van der Waals surface area contributed by atoms with Crippen molar-refractivity contribution in [3.8, 4) is 5.69 Å². The molecule has 2 heterocycles. The molecular weight excluding hydrogens is 402 g/mol. The first-order chi connectivity index (χ1) is 14.6. The third-order valence-electron chi connectivity index (χ3n) is 4.77. The highest BCUT2D eigenvalue weighted by atomic mass is 35.5. The Labute approximate surface area is 175 Å². The van der Waals surface area contributed by atoms with Gasteiger partial charge in [0, 0.05) is 10.6 Å². The summed E-state index contributed by atoms with van der Waals surface area (Å²) in [5.41, 5.74) is 3.65. The van der Waals surface area contributed by atoms with Gasteiger partial charge in [-0.1, -0.05) is 48.0 Å². The molecule has 7 nitrogen and oxygen atoms in total. The maximum atomic E-state index is 12.8. The van der Waals surface area contributed by atoms with Crippen molar-refractivity contribution in [2.24, 2.45) is 0 Å². The van der Waals surface area contributed by atoms with Crippen LogP contribution in [0, 0.1) is 0 Å². The first-order valence-electron chi connectivity index (χ1n) is 9.12. The monoisotopic (exact) mass is 415 g/mol. The van der Waals surface area contributed by atoms with Gasteiger partial charge in [-0.05, 0) is 41.1 Å². The van der Waals surface area contributed by atoms with E-state index in [1.807, 2.05) is 36.4 Å². The van der Waals surface area contributed by atoms with E-state index in [-0.39, 0.29) is 5.39 Å². The van der Waals surface area contributed by atoms with Gasteiger partial charge >= 0.3 is 0 Å². The third kappa shape index (κ3) is 3.11. The van der Waals surface area contributed by atoms with Crippen molar-refractivity contribution in [2.45, 2.75) is 0 Å². The molecule has 0 fully saturated rings. The van der Waals surface area contributed by atoms with Crippen LogP contribution in [0.2, 0.25) is 5.02 Å². The lowest BCUT2D eigenvalue weighted by Crippen LogP contribution is -2.33. The largest absolute Gasteiger partial charge is 0.283 e. The van der Waals surface area contributed by atoms with E-state index in [9.17, 15) is 9.59 Å². The number of benzene rings is 3. The van der Waals surface area contributed by atoms with E-state index < -0.39 is 11.5 Å². The number of halogens is 1. The smallest absolute Gasteiger partial charge is 0.267 e. The van der Waals surface area contributed by atoms with Crippen LogP contribution in [-0.4, -0.2) is 25.3 Å². The van der Waals surface area contributed by atoms with Crippen molar-refractivity contribution in [3.05, 3.63) is 100 Å². The second-order valence-corrected chi connectivity index (χ2v) is 7.13. The molecule has 30 heavy (non-hydrogen) atoms. The maximum absolute atomic E-state index is 12.8. The Hall–Kier alpha value is -3.97. The van der Waals surface area contributed by atoms with E-state index >= 15 is 0 Å². The minimum absolute atomic E-state index is 0.274. The van der Waals surface area contributed by atoms with Gasteiger partial charge in [0.05, 0.1) is 11.9 Å². The molecule has 0 unspecified atom stereocenters. The molecule has 0 atom stereocenters. The molecule has 0 bridgehead atoms. The zero-order valence-electron chi connectivity index (χ0n) is 15.5. The fraction of sp³-hybridized carbons (Fsp3) is 0. The minimum atomic E-state index is -0.428. The first-order valence-corrected chi connectivity index (χ1v) is 9.49. The Bertz CT molecular complexity index is 1490. The van der Waals surface area contributed by atoms with Crippen LogP contribution >= 0.6 is 11.6 Å². The number of fused-ring (bicyclic) bond motifs is 2. The molecule has 0 radical (unpaired) electrons. The van der Waals surface area contributed by atoms with Gasteiger partial charge in [-0.15, -0.1) is 0 Å². The molecule has 0 saturated heterocycles. The highest BCUT2D eigenvalue weighted by Gasteiger charge is 2.14. The Morgan fingerprint density at radius 2 is 1.80 bits per heavy atom. The number of carbonyl (C=O) groups excluding carboxylic acids is 1. The molecule has 0 aliphatic rings. The molecular formula is C22H14ClN5O2. The topological polar surface area (TPSA) is 81.8 Å². The molecule has 146 valence electrons. The van der Waals surface area contributed by atoms with Crippen molar-refractivity contribution in [1.29, 1.82) is 0 Å². The highest BCUT2D eigenvalue weighted by Crippen LogP contribution is 2.18. The van der Waals surface area contributed by atoms with Crippen LogP contribution in [-0.2, 0) is 0 Å². The van der Waals surface area contributed by atoms with Gasteiger partial charge in [0.1, 0.15) is 11.7 Å². The predicted octanol–water partition coefficient (Wildman–Crippen LogP) is 3.77. The zero-order chi connectivity index (χ0) is 20.7. The van der Waals surface area contributed by atoms with Crippen molar-refractivity contribution in [2.75, 3.05) is 5.43 Å². The summed E-state index contributed by atoms with van der Waals surface area (Å²) in [5, 5.41) is 7.04. The lowest BCUT2D eigenvalue weighted by molar-refractivity contribution is 0.101. The van der Waals surface area contributed by atoms with Gasteiger partial charge in [0.25, 0.3) is 11.5 Å². The summed E-state index contributed by atoms with van der Waals surface area (Å²) in [6.45, 7) is 0. The Kier molecular flexibility index (Phi) is 4.30. The SMILES string of the molecule is O=C(Nn1cnc2c(cnn2-c2cccc(Cl)c2)c1=O)c1ccc2ccccc2c1. The predicted molar refractivity (Wildman–Crippen MR) is 116 cm³/mol. The molecule has 1 amide bonds. The summed E-state index contributed by atoms with van der Waals surface area (Å²) in [4.78, 5) is 29.8. The van der Waals surface area contributed by atoms with E-state index in [2.05, 4.69) is 15.5 Å². The van der Waals surface area contributed by atoms with E-state index in [1.54, 1.807) is 30.3 Å². The van der Waals surface area contributed by atoms with Crippen molar-refractivity contribution < 1.29 is 4.79 Å². The van der Waals surface area contributed by atoms with Gasteiger partial charge in [0.2, 0.25) is 0 Å². The summed E-state index contributed by atoms with van der Waals surface area (Å²) in [6, 6.07) is 20.2. The van der Waals surface area contributed by atoms with E-state index in [0.29, 0.717) is 21.9 Å². The number of hydrogen-bond acceptors (Lipinski definition) is 4. The summed E-state index contributed by atoms with van der Waals surface area (Å²) in [7, 11) is 0. The van der Waals surface area contributed by atoms with Crippen molar-refractivity contribution in [1.82, 2.24) is 19.4 Å². The van der Waals surface area contributed by atoms with Crippen molar-refractivity contribution in [3.63, 3.8) is 0 Å². The number of aromatic nitrogens is 4. The minimum Gasteiger partial charge on any atom is -0.267 e. The summed E-state index contributed by atoms with van der Waals surface area (Å²) in [5.74, 6) is -0.411. The van der Waals surface area contributed by atoms with Crippen LogP contribution in [0.1, 0.15) is 10.4 Å². The van der Waals surface area contributed by atoms with Crippen LogP contribution in [0.5, 0.6) is 0 Å². The van der Waals surface area contributed by atoms with Crippen LogP contribution < -0.4 is 11.0 Å². The number of rotatable bonds is 3. The lowest BCUT2D eigenvalue weighted by atomic mass is 10.1. The van der Waals surface area contributed by atoms with Gasteiger partial charge in [-0.3, -0.25) is 15.0 Å². The number of nitrogens with zero attached hydrogens (tertiary/aromatic N) is 4. The molecule has 5 aromatic rings. The zero-order valence-corrected chi connectivity index (χ0v) is 16.2. The molecule has 1 N–H and O–H groups in total. The lowest BCUT2D eigenvalue weighted by Gasteiger charge is -2.09. The molecule has 0 aliphatic heterocycles.